The van der Waals surface area contributed by atoms with E-state index in [1.54, 1.807) is 0 Å². The maximum atomic E-state index is 6.21. The highest BCUT2D eigenvalue weighted by molar-refractivity contribution is 6.30. The summed E-state index contributed by atoms with van der Waals surface area (Å²) in [6.45, 7) is 7.79. The Morgan fingerprint density at radius 2 is 2.27 bits per heavy atom. The largest absolute Gasteiger partial charge is 0.330 e. The first-order valence-electron chi connectivity index (χ1n) is 5.84. The zero-order valence-corrected chi connectivity index (χ0v) is 10.5. The molecule has 0 radical (unpaired) electrons. The number of aromatic nitrogens is 2. The fourth-order valence-electron chi connectivity index (χ4n) is 2.41. The molecule has 0 bridgehead atoms. The van der Waals surface area contributed by atoms with Gasteiger partial charge in [0.15, 0.2) is 5.15 Å². The lowest BCUT2D eigenvalue weighted by molar-refractivity contribution is 0.453. The molecule has 1 unspecified atom stereocenters. The molecule has 2 rings (SSSR count). The molecule has 1 aromatic rings. The molecule has 3 heteroatoms. The Hall–Kier alpha value is -0.500. The topological polar surface area (TPSA) is 17.8 Å². The number of halogens is 1. The summed E-state index contributed by atoms with van der Waals surface area (Å²) in [5, 5.41) is 0.734. The lowest BCUT2D eigenvalue weighted by atomic mass is 9.98. The molecule has 0 aliphatic carbocycles. The van der Waals surface area contributed by atoms with Crippen LogP contribution >= 0.6 is 11.6 Å². The average Bonchev–Trinajstić information content (AvgIpc) is 2.44. The lowest BCUT2D eigenvalue weighted by Gasteiger charge is -2.22. The minimum Gasteiger partial charge on any atom is -0.330 e. The van der Waals surface area contributed by atoms with E-state index in [1.807, 2.05) is 0 Å². The summed E-state index contributed by atoms with van der Waals surface area (Å²) in [5.74, 6) is 2.39. The third kappa shape index (κ3) is 2.05. The van der Waals surface area contributed by atoms with Crippen LogP contribution in [0.25, 0.3) is 0 Å². The van der Waals surface area contributed by atoms with Crippen LogP contribution in [0.5, 0.6) is 0 Å². The molecule has 0 fully saturated rings. The van der Waals surface area contributed by atoms with E-state index in [0.717, 1.165) is 18.1 Å². The summed E-state index contributed by atoms with van der Waals surface area (Å²) in [4.78, 5) is 4.51. The smallest absolute Gasteiger partial charge is 0.150 e. The molecule has 1 aromatic heterocycles. The third-order valence-electron chi connectivity index (χ3n) is 3.12. The number of hydrogen-bond acceptors (Lipinski definition) is 1. The molecule has 1 aliphatic heterocycles. The van der Waals surface area contributed by atoms with Gasteiger partial charge in [0, 0.05) is 13.0 Å². The van der Waals surface area contributed by atoms with Gasteiger partial charge in [0.25, 0.3) is 0 Å². The van der Waals surface area contributed by atoms with Crippen molar-refractivity contribution in [3.05, 3.63) is 16.7 Å². The lowest BCUT2D eigenvalue weighted by Crippen LogP contribution is -2.16. The second-order valence-electron chi connectivity index (χ2n) is 5.00. The molecule has 1 aliphatic rings. The van der Waals surface area contributed by atoms with Crippen LogP contribution in [0.2, 0.25) is 5.15 Å². The molecule has 0 saturated carbocycles. The first-order chi connectivity index (χ1) is 7.09. The maximum Gasteiger partial charge on any atom is 0.150 e. The van der Waals surface area contributed by atoms with E-state index in [2.05, 4.69) is 30.3 Å². The van der Waals surface area contributed by atoms with Gasteiger partial charge in [0.05, 0.1) is 5.69 Å². The Morgan fingerprint density at radius 1 is 1.53 bits per heavy atom. The summed E-state index contributed by atoms with van der Waals surface area (Å²) in [7, 11) is 0. The minimum absolute atomic E-state index is 0.569. The molecule has 84 valence electrons. The van der Waals surface area contributed by atoms with Crippen LogP contribution in [0, 0.1) is 5.92 Å². The molecule has 0 aromatic carbocycles. The Kier molecular flexibility index (Phi) is 3.06. The Labute approximate surface area is 96.7 Å². The highest BCUT2D eigenvalue weighted by Crippen LogP contribution is 2.33. The van der Waals surface area contributed by atoms with Crippen molar-refractivity contribution in [2.45, 2.75) is 52.5 Å². The highest BCUT2D eigenvalue weighted by Gasteiger charge is 2.24. The molecule has 0 N–H and O–H groups in total. The highest BCUT2D eigenvalue weighted by atomic mass is 35.5. The Balaban J connectivity index is 2.37. The van der Waals surface area contributed by atoms with Crippen molar-refractivity contribution in [3.63, 3.8) is 0 Å². The van der Waals surface area contributed by atoms with Gasteiger partial charge in [-0.05, 0) is 24.7 Å². The van der Waals surface area contributed by atoms with Gasteiger partial charge < -0.3 is 4.57 Å². The number of nitrogens with zero attached hydrogens (tertiary/aromatic N) is 2. The summed E-state index contributed by atoms with van der Waals surface area (Å²) >= 11 is 6.21. The normalized spacial score (nSPS) is 20.7. The quantitative estimate of drug-likeness (QED) is 0.753. The van der Waals surface area contributed by atoms with E-state index >= 15 is 0 Å². The Bertz CT molecular complexity index is 355. The van der Waals surface area contributed by atoms with Crippen molar-refractivity contribution in [2.75, 3.05) is 0 Å². The molecule has 15 heavy (non-hydrogen) atoms. The van der Waals surface area contributed by atoms with Crippen molar-refractivity contribution in [1.29, 1.82) is 0 Å². The zero-order chi connectivity index (χ0) is 11.0. The van der Waals surface area contributed by atoms with Gasteiger partial charge in [-0.2, -0.15) is 0 Å². The van der Waals surface area contributed by atoms with Crippen LogP contribution in [0.1, 0.15) is 51.0 Å². The molecule has 2 heterocycles. The average molecular weight is 227 g/mol. The number of fused-ring (bicyclic) bond motifs is 1. The number of hydrogen-bond donors (Lipinski definition) is 0. The molecule has 2 nitrogen and oxygen atoms in total. The standard InChI is InChI=1S/C12H19ClN2/c1-8(2)7-10-14-12(13)11-9(3)5-4-6-15(10)11/h8-9H,4-7H2,1-3H3. The van der Waals surface area contributed by atoms with Gasteiger partial charge in [-0.1, -0.05) is 32.4 Å². The third-order valence-corrected chi connectivity index (χ3v) is 3.40. The molecule has 1 atom stereocenters. The van der Waals surface area contributed by atoms with Crippen LogP contribution in [0.15, 0.2) is 0 Å². The van der Waals surface area contributed by atoms with E-state index < -0.39 is 0 Å². The first-order valence-corrected chi connectivity index (χ1v) is 6.22. The molecular formula is C12H19ClN2. The van der Waals surface area contributed by atoms with Gasteiger partial charge in [-0.3, -0.25) is 0 Å². The van der Waals surface area contributed by atoms with Gasteiger partial charge >= 0.3 is 0 Å². The van der Waals surface area contributed by atoms with Crippen LogP contribution in [0.4, 0.5) is 0 Å². The van der Waals surface area contributed by atoms with Gasteiger partial charge in [0.2, 0.25) is 0 Å². The summed E-state index contributed by atoms with van der Waals surface area (Å²) in [6, 6.07) is 0. The molecular weight excluding hydrogens is 208 g/mol. The van der Waals surface area contributed by atoms with Gasteiger partial charge in [-0.25, -0.2) is 4.98 Å². The zero-order valence-electron chi connectivity index (χ0n) is 9.76. The predicted octanol–water partition coefficient (Wildman–Crippen LogP) is 3.63. The fourth-order valence-corrected chi connectivity index (χ4v) is 2.80. The van der Waals surface area contributed by atoms with Crippen molar-refractivity contribution in [1.82, 2.24) is 9.55 Å². The van der Waals surface area contributed by atoms with Crippen LogP contribution in [-0.2, 0) is 13.0 Å². The maximum absolute atomic E-state index is 6.21. The number of imidazole rings is 1. The molecule has 0 spiro atoms. The van der Waals surface area contributed by atoms with Crippen molar-refractivity contribution >= 4 is 11.6 Å². The second-order valence-corrected chi connectivity index (χ2v) is 5.35. The summed E-state index contributed by atoms with van der Waals surface area (Å²) in [6.07, 6.45) is 3.53. The van der Waals surface area contributed by atoms with Crippen LogP contribution in [0.3, 0.4) is 0 Å². The van der Waals surface area contributed by atoms with Crippen molar-refractivity contribution < 1.29 is 0 Å². The number of rotatable bonds is 2. The molecule has 0 saturated heterocycles. The van der Waals surface area contributed by atoms with E-state index in [1.165, 1.54) is 24.4 Å². The Morgan fingerprint density at radius 3 is 2.93 bits per heavy atom. The fraction of sp³-hybridized carbons (Fsp3) is 0.750. The predicted molar refractivity (Wildman–Crippen MR) is 63.4 cm³/mol. The van der Waals surface area contributed by atoms with Gasteiger partial charge in [0.1, 0.15) is 5.82 Å². The molecule has 0 amide bonds. The summed E-state index contributed by atoms with van der Waals surface area (Å²) < 4.78 is 2.34. The van der Waals surface area contributed by atoms with Gasteiger partial charge in [-0.15, -0.1) is 0 Å². The second kappa shape index (κ2) is 4.17. The minimum atomic E-state index is 0.569. The SMILES string of the molecule is CC(C)Cc1nc(Cl)c2n1CCCC2C. The van der Waals surface area contributed by atoms with Crippen molar-refractivity contribution in [3.8, 4) is 0 Å². The first kappa shape index (κ1) is 11.0. The summed E-state index contributed by atoms with van der Waals surface area (Å²) in [5.41, 5.74) is 1.26. The van der Waals surface area contributed by atoms with E-state index in [0.29, 0.717) is 11.8 Å². The van der Waals surface area contributed by atoms with E-state index in [9.17, 15) is 0 Å². The van der Waals surface area contributed by atoms with Crippen molar-refractivity contribution in [2.24, 2.45) is 5.92 Å². The van der Waals surface area contributed by atoms with E-state index in [-0.39, 0.29) is 0 Å². The van der Waals surface area contributed by atoms with E-state index in [4.69, 9.17) is 11.6 Å². The van der Waals surface area contributed by atoms with Crippen LogP contribution in [-0.4, -0.2) is 9.55 Å². The van der Waals surface area contributed by atoms with Crippen LogP contribution < -0.4 is 0 Å². The monoisotopic (exact) mass is 226 g/mol.